The summed E-state index contributed by atoms with van der Waals surface area (Å²) in [7, 11) is 0. The molecule has 0 fully saturated rings. The monoisotopic (exact) mass is 408 g/mol. The van der Waals surface area contributed by atoms with Crippen LogP contribution in [0.1, 0.15) is 40.9 Å². The van der Waals surface area contributed by atoms with E-state index in [0.717, 1.165) is 34.6 Å². The van der Waals surface area contributed by atoms with E-state index < -0.39 is 0 Å². The van der Waals surface area contributed by atoms with Crippen molar-refractivity contribution in [3.05, 3.63) is 99.0 Å². The Morgan fingerprint density at radius 2 is 1.75 bits per heavy atom. The smallest absolute Gasteiger partial charge is 0.215 e. The number of benzene rings is 3. The first-order valence-electron chi connectivity index (χ1n) is 9.23. The molecule has 2 aliphatic rings. The molecule has 0 amide bonds. The average Bonchev–Trinajstić information content (AvgIpc) is 3.14. The zero-order valence-electron chi connectivity index (χ0n) is 15.3. The van der Waals surface area contributed by atoms with Crippen molar-refractivity contribution in [1.29, 1.82) is 0 Å². The Morgan fingerprint density at radius 1 is 0.964 bits per heavy atom. The van der Waals surface area contributed by atoms with Gasteiger partial charge in [0.1, 0.15) is 5.75 Å². The van der Waals surface area contributed by atoms with Gasteiger partial charge in [-0.25, -0.2) is 5.01 Å². The van der Waals surface area contributed by atoms with Crippen molar-refractivity contribution in [2.75, 3.05) is 0 Å². The van der Waals surface area contributed by atoms with Gasteiger partial charge in [0.25, 0.3) is 0 Å². The fraction of sp³-hybridized carbons (Fsp3) is 0.174. The lowest BCUT2D eigenvalue weighted by Crippen LogP contribution is -2.33. The number of halogens is 2. The third kappa shape index (κ3) is 2.95. The molecule has 0 aromatic heterocycles. The first kappa shape index (κ1) is 17.6. The quantitative estimate of drug-likeness (QED) is 0.480. The van der Waals surface area contributed by atoms with Crippen LogP contribution >= 0.6 is 23.2 Å². The van der Waals surface area contributed by atoms with Gasteiger partial charge in [-0.2, -0.15) is 5.10 Å². The molecule has 0 radical (unpaired) electrons. The van der Waals surface area contributed by atoms with Gasteiger partial charge in [-0.15, -0.1) is 0 Å². The van der Waals surface area contributed by atoms with Crippen LogP contribution < -0.4 is 4.74 Å². The van der Waals surface area contributed by atoms with E-state index in [1.54, 1.807) is 0 Å². The maximum absolute atomic E-state index is 6.49. The van der Waals surface area contributed by atoms with Crippen LogP contribution in [0.5, 0.6) is 5.75 Å². The minimum atomic E-state index is -0.379. The van der Waals surface area contributed by atoms with Gasteiger partial charge in [-0.05, 0) is 36.8 Å². The summed E-state index contributed by atoms with van der Waals surface area (Å²) in [5.74, 6) is 0.830. The summed E-state index contributed by atoms with van der Waals surface area (Å²) in [6, 6.07) is 22.1. The number of fused-ring (bicyclic) bond motifs is 3. The second-order valence-corrected chi connectivity index (χ2v) is 8.03. The molecule has 0 aliphatic carbocycles. The largest absolute Gasteiger partial charge is 0.464 e. The van der Waals surface area contributed by atoms with Crippen molar-refractivity contribution < 1.29 is 4.74 Å². The highest BCUT2D eigenvalue weighted by Gasteiger charge is 2.41. The van der Waals surface area contributed by atoms with Gasteiger partial charge in [0, 0.05) is 27.6 Å². The van der Waals surface area contributed by atoms with Gasteiger partial charge < -0.3 is 4.74 Å². The molecule has 2 aliphatic heterocycles. The van der Waals surface area contributed by atoms with Crippen LogP contribution in [0.3, 0.4) is 0 Å². The van der Waals surface area contributed by atoms with E-state index in [1.165, 1.54) is 5.56 Å². The fourth-order valence-electron chi connectivity index (χ4n) is 3.86. The minimum Gasteiger partial charge on any atom is -0.464 e. The van der Waals surface area contributed by atoms with Crippen LogP contribution in [0.4, 0.5) is 0 Å². The van der Waals surface area contributed by atoms with E-state index in [9.17, 15) is 0 Å². The highest BCUT2D eigenvalue weighted by molar-refractivity contribution is 6.31. The molecule has 2 unspecified atom stereocenters. The second-order valence-electron chi connectivity index (χ2n) is 7.19. The van der Waals surface area contributed by atoms with Crippen molar-refractivity contribution in [2.45, 2.75) is 25.6 Å². The molecule has 0 spiro atoms. The van der Waals surface area contributed by atoms with Crippen LogP contribution in [0.2, 0.25) is 10.0 Å². The molecular weight excluding hydrogens is 391 g/mol. The maximum atomic E-state index is 6.49. The lowest BCUT2D eigenvalue weighted by Gasteiger charge is -2.38. The zero-order valence-corrected chi connectivity index (χ0v) is 16.8. The maximum Gasteiger partial charge on any atom is 0.215 e. The number of rotatable bonds is 2. The SMILES string of the molecule is Cc1ccc(C2=NN3C(C2)c2cc(Cl)ccc2OC3c2ccccc2Cl)cc1. The Labute approximate surface area is 174 Å². The Kier molecular flexibility index (Phi) is 4.30. The molecule has 5 heteroatoms. The molecule has 0 N–H and O–H groups in total. The lowest BCUT2D eigenvalue weighted by atomic mass is 9.95. The van der Waals surface area contributed by atoms with Crippen LogP contribution in [-0.2, 0) is 0 Å². The van der Waals surface area contributed by atoms with Gasteiger partial charge >= 0.3 is 0 Å². The summed E-state index contributed by atoms with van der Waals surface area (Å²) >= 11 is 12.8. The van der Waals surface area contributed by atoms with Gasteiger partial charge in [0.15, 0.2) is 0 Å². The normalized spacial score (nSPS) is 20.2. The zero-order chi connectivity index (χ0) is 19.3. The van der Waals surface area contributed by atoms with Crippen molar-refractivity contribution >= 4 is 28.9 Å². The summed E-state index contributed by atoms with van der Waals surface area (Å²) in [6.45, 7) is 2.09. The van der Waals surface area contributed by atoms with Crippen molar-refractivity contribution in [1.82, 2.24) is 5.01 Å². The summed E-state index contributed by atoms with van der Waals surface area (Å²) < 4.78 is 6.35. The Bertz CT molecular complexity index is 1080. The molecule has 2 atom stereocenters. The lowest BCUT2D eigenvalue weighted by molar-refractivity contribution is -0.0189. The van der Waals surface area contributed by atoms with E-state index in [0.29, 0.717) is 10.0 Å². The fourth-order valence-corrected chi connectivity index (χ4v) is 4.27. The summed E-state index contributed by atoms with van der Waals surface area (Å²) in [5.41, 5.74) is 5.36. The van der Waals surface area contributed by atoms with Crippen molar-refractivity contribution in [3.8, 4) is 5.75 Å². The number of hydrogen-bond donors (Lipinski definition) is 0. The van der Waals surface area contributed by atoms with Crippen LogP contribution in [0, 0.1) is 6.92 Å². The molecule has 5 rings (SSSR count). The number of hydrazone groups is 1. The molecule has 0 saturated heterocycles. The third-order valence-corrected chi connectivity index (χ3v) is 5.89. The standard InChI is InChI=1S/C23H18Cl2N2O/c1-14-6-8-15(9-7-14)20-13-21-18-12-16(24)10-11-22(18)28-23(27(21)26-20)17-4-2-3-5-19(17)25/h2-12,21,23H,13H2,1H3. The number of nitrogens with zero attached hydrogens (tertiary/aromatic N) is 2. The predicted octanol–water partition coefficient (Wildman–Crippen LogP) is 6.54. The average molecular weight is 409 g/mol. The Hall–Kier alpha value is -2.49. The highest BCUT2D eigenvalue weighted by atomic mass is 35.5. The van der Waals surface area contributed by atoms with E-state index >= 15 is 0 Å². The predicted molar refractivity (Wildman–Crippen MR) is 113 cm³/mol. The number of aryl methyl sites for hydroxylation is 1. The first-order chi connectivity index (χ1) is 13.6. The molecule has 28 heavy (non-hydrogen) atoms. The van der Waals surface area contributed by atoms with E-state index in [1.807, 2.05) is 47.5 Å². The molecule has 3 aromatic rings. The molecule has 2 heterocycles. The molecule has 0 saturated carbocycles. The highest BCUT2D eigenvalue weighted by Crippen LogP contribution is 2.49. The number of hydrogen-bond acceptors (Lipinski definition) is 3. The molecule has 3 nitrogen and oxygen atoms in total. The topological polar surface area (TPSA) is 24.8 Å². The summed E-state index contributed by atoms with van der Waals surface area (Å²) in [4.78, 5) is 0. The van der Waals surface area contributed by atoms with Crippen LogP contribution in [0.25, 0.3) is 0 Å². The second kappa shape index (κ2) is 6.84. The van der Waals surface area contributed by atoms with E-state index in [2.05, 4.69) is 31.2 Å². The number of ether oxygens (including phenoxy) is 1. The van der Waals surface area contributed by atoms with Gasteiger partial charge in [-0.1, -0.05) is 71.2 Å². The van der Waals surface area contributed by atoms with Crippen molar-refractivity contribution in [3.63, 3.8) is 0 Å². The molecular formula is C23H18Cl2N2O. The van der Waals surface area contributed by atoms with E-state index in [4.69, 9.17) is 33.0 Å². The van der Waals surface area contributed by atoms with E-state index in [-0.39, 0.29) is 12.3 Å². The van der Waals surface area contributed by atoms with Gasteiger partial charge in [-0.3, -0.25) is 0 Å². The Morgan fingerprint density at radius 3 is 2.54 bits per heavy atom. The van der Waals surface area contributed by atoms with Crippen LogP contribution in [0.15, 0.2) is 71.8 Å². The Balaban J connectivity index is 1.62. The van der Waals surface area contributed by atoms with Crippen LogP contribution in [-0.4, -0.2) is 10.7 Å². The first-order valence-corrected chi connectivity index (χ1v) is 9.99. The molecule has 140 valence electrons. The summed E-state index contributed by atoms with van der Waals surface area (Å²) in [5, 5.41) is 8.35. The third-order valence-electron chi connectivity index (χ3n) is 5.31. The molecule has 0 bridgehead atoms. The molecule has 3 aromatic carbocycles. The summed E-state index contributed by atoms with van der Waals surface area (Å²) in [6.07, 6.45) is 0.413. The minimum absolute atomic E-state index is 0.0556. The van der Waals surface area contributed by atoms with Gasteiger partial charge in [0.05, 0.1) is 11.8 Å². The van der Waals surface area contributed by atoms with Gasteiger partial charge in [0.2, 0.25) is 6.23 Å². The van der Waals surface area contributed by atoms with Crippen molar-refractivity contribution in [2.24, 2.45) is 5.10 Å².